The Balaban J connectivity index is -0.0000000150. The van der Waals surface area contributed by atoms with Gasteiger partial charge in [0.2, 0.25) is 0 Å². The summed E-state index contributed by atoms with van der Waals surface area (Å²) in [6.45, 7) is 0. The molecule has 0 aromatic carbocycles. The fourth-order valence-electron chi connectivity index (χ4n) is 0. The van der Waals surface area contributed by atoms with Crippen molar-refractivity contribution in [3.8, 4) is 0 Å². The summed E-state index contributed by atoms with van der Waals surface area (Å²) >= 11 is 0. The summed E-state index contributed by atoms with van der Waals surface area (Å²) in [6.07, 6.45) is 0. The number of nitrogens with zero attached hydrogens (tertiary/aromatic N) is 3. The number of hydrogen-bond acceptors (Lipinski definition) is 3. The molecule has 0 amide bonds. The predicted octanol–water partition coefficient (Wildman–Crippen LogP) is -2.90. The van der Waals surface area contributed by atoms with Crippen LogP contribution in [0.15, 0.2) is 0 Å². The molecule has 0 heterocycles. The molecule has 0 aliphatic rings. The minimum absolute atomic E-state index is 0. The second kappa shape index (κ2) is 56.9. The van der Waals surface area contributed by atoms with Gasteiger partial charge >= 0.3 is 51.7 Å². The molecule has 0 saturated carbocycles. The van der Waals surface area contributed by atoms with Crippen LogP contribution in [0.4, 0.5) is 0 Å². The van der Waals surface area contributed by atoms with Crippen LogP contribution in [0.25, 0.3) is 17.7 Å². The van der Waals surface area contributed by atoms with Gasteiger partial charge < -0.3 is 31.3 Å². The first-order valence-corrected chi connectivity index (χ1v) is 4.22. The Labute approximate surface area is 113 Å². The van der Waals surface area contributed by atoms with E-state index in [-0.39, 0.29) is 51.7 Å². The van der Waals surface area contributed by atoms with E-state index in [1.807, 2.05) is 0 Å². The molecule has 11 heteroatoms. The summed E-state index contributed by atoms with van der Waals surface area (Å²) in [5.74, 6) is 21.4. The molecule has 0 aromatic heterocycles. The minimum atomic E-state index is 0. The molecule has 6 nitrogen and oxygen atoms in total. The zero-order chi connectivity index (χ0) is 8.12. The van der Waals surface area contributed by atoms with E-state index in [0.717, 1.165) is 0 Å². The van der Waals surface area contributed by atoms with Crippen LogP contribution in [-0.4, -0.2) is 31.5 Å². The van der Waals surface area contributed by atoms with E-state index < -0.39 is 0 Å². The zero-order valence-electron chi connectivity index (χ0n) is 6.72. The van der Waals surface area contributed by atoms with Crippen molar-refractivity contribution in [2.45, 2.75) is 0 Å². The molecule has 0 aliphatic heterocycles. The van der Waals surface area contributed by atoms with Crippen molar-refractivity contribution < 1.29 is 65.3 Å². The van der Waals surface area contributed by atoms with E-state index in [1.54, 1.807) is 0 Å². The van der Waals surface area contributed by atoms with E-state index in [4.69, 9.17) is 17.7 Å². The third kappa shape index (κ3) is 271. The molecular formula is H9N3O3Sc2Si3. The second-order valence-electron chi connectivity index (χ2n) is 0.548. The Morgan fingerprint density at radius 2 is 0.636 bits per heavy atom. The van der Waals surface area contributed by atoms with Gasteiger partial charge in [-0.1, -0.05) is 0 Å². The second-order valence-corrected chi connectivity index (χ2v) is 1.64. The van der Waals surface area contributed by atoms with E-state index in [0.29, 0.717) is 31.5 Å². The molecule has 0 saturated heterocycles. The van der Waals surface area contributed by atoms with Gasteiger partial charge in [0.1, 0.15) is 0 Å². The van der Waals surface area contributed by atoms with Crippen molar-refractivity contribution in [2.24, 2.45) is 0 Å². The van der Waals surface area contributed by atoms with Crippen molar-refractivity contribution >= 4 is 31.5 Å². The molecule has 0 atom stereocenters. The molecule has 0 radical (unpaired) electrons. The summed E-state index contributed by atoms with van der Waals surface area (Å²) in [5.41, 5.74) is 0. The van der Waals surface area contributed by atoms with E-state index in [2.05, 4.69) is 13.6 Å². The van der Waals surface area contributed by atoms with Gasteiger partial charge in [-0.15, -0.1) is 0 Å². The monoisotopic (exact) mass is 273 g/mol. The van der Waals surface area contributed by atoms with Crippen LogP contribution in [0.3, 0.4) is 0 Å². The topological polar surface area (TPSA) is 94.6 Å². The first-order chi connectivity index (χ1) is 4.24. The normalized spacial score (nSPS) is 5.73. The smallest absolute Gasteiger partial charge is 1.44 e. The summed E-state index contributed by atoms with van der Waals surface area (Å²) in [4.78, 5) is 0. The average Bonchev–Trinajstić information content (AvgIpc) is 1.70. The van der Waals surface area contributed by atoms with Gasteiger partial charge in [0, 0.05) is 0 Å². The van der Waals surface area contributed by atoms with Gasteiger partial charge in [-0.3, -0.25) is 0 Å². The van der Waals surface area contributed by atoms with Crippen LogP contribution < -0.4 is 0 Å². The van der Waals surface area contributed by atoms with Gasteiger partial charge in [0.25, 0.3) is 0 Å². The summed E-state index contributed by atoms with van der Waals surface area (Å²) in [7, 11) is 1.27. The van der Waals surface area contributed by atoms with Crippen molar-refractivity contribution in [2.75, 3.05) is 0 Å². The van der Waals surface area contributed by atoms with Gasteiger partial charge in [-0.25, -0.2) is 0 Å². The zero-order valence-corrected chi connectivity index (χ0v) is 16.3. The fraction of sp³-hybridized carbons (Fsp3) is 0. The van der Waals surface area contributed by atoms with E-state index >= 15 is 0 Å². The molecule has 0 bridgehead atoms. The van der Waals surface area contributed by atoms with Crippen LogP contribution >= 0.6 is 0 Å². The maximum atomic E-state index is 7.13. The third-order valence-corrected chi connectivity index (χ3v) is 0. The van der Waals surface area contributed by atoms with Crippen LogP contribution in [0.1, 0.15) is 0 Å². The number of rotatable bonds is 0. The standard InChI is InChI=1S/3H3NOSi.2Sc/c3*1-2-3;;/h3*3H3;;/q3*-2;2*+3. The molecule has 0 N–H and O–H groups in total. The maximum Gasteiger partial charge on any atom is 3.00 e. The van der Waals surface area contributed by atoms with Crippen molar-refractivity contribution in [1.29, 1.82) is 0 Å². The van der Waals surface area contributed by atoms with E-state index in [1.165, 1.54) is 0 Å². The van der Waals surface area contributed by atoms with Crippen molar-refractivity contribution in [3.05, 3.63) is 17.7 Å². The predicted molar refractivity (Wildman–Crippen MR) is 43.1 cm³/mol. The third-order valence-electron chi connectivity index (χ3n) is 0. The average molecular weight is 273 g/mol. The molecular weight excluding hydrogens is 264 g/mol. The molecule has 0 aliphatic carbocycles. The Morgan fingerprint density at radius 1 is 0.636 bits per heavy atom. The quantitative estimate of drug-likeness (QED) is 0.350. The Morgan fingerprint density at radius 3 is 0.636 bits per heavy atom. The Hall–Kier alpha value is 2.15. The van der Waals surface area contributed by atoms with Crippen LogP contribution in [0, 0.1) is 0 Å². The van der Waals surface area contributed by atoms with Gasteiger partial charge in [-0.2, -0.15) is 0 Å². The summed E-state index contributed by atoms with van der Waals surface area (Å²) in [5, 5.41) is 0. The first-order valence-electron chi connectivity index (χ1n) is 1.77. The fourth-order valence-corrected chi connectivity index (χ4v) is 0. The van der Waals surface area contributed by atoms with Crippen LogP contribution in [0.5, 0.6) is 0 Å². The Kier molecular flexibility index (Phi) is 151. The summed E-state index contributed by atoms with van der Waals surface area (Å²) < 4.78 is 10.2. The molecule has 60 valence electrons. The molecule has 0 fully saturated rings. The number of hydrogen-bond donors (Lipinski definition) is 0. The van der Waals surface area contributed by atoms with Gasteiger partial charge in [-0.05, 0) is 0 Å². The van der Waals surface area contributed by atoms with Crippen molar-refractivity contribution in [3.63, 3.8) is 0 Å². The minimum Gasteiger partial charge on any atom is -1.44 e. The van der Waals surface area contributed by atoms with Gasteiger partial charge in [0.15, 0.2) is 0 Å². The molecule has 0 rings (SSSR count). The molecule has 11 heavy (non-hydrogen) atoms. The van der Waals surface area contributed by atoms with Crippen LogP contribution in [0.2, 0.25) is 0 Å². The molecule has 0 aromatic rings. The van der Waals surface area contributed by atoms with E-state index in [9.17, 15) is 0 Å². The first kappa shape index (κ1) is 29.2. The maximum absolute atomic E-state index is 7.13. The summed E-state index contributed by atoms with van der Waals surface area (Å²) in [6, 6.07) is 0. The van der Waals surface area contributed by atoms with Crippen molar-refractivity contribution in [1.82, 2.24) is 0 Å². The van der Waals surface area contributed by atoms with Gasteiger partial charge in [0.05, 0.1) is 31.5 Å². The molecule has 0 spiro atoms. The molecule has 0 unspecified atom stereocenters. The SMILES string of the molecule is [N-2]O[SiH3].[N-2]O[SiH3].[N-2]O[SiH3].[Sc+3].[Sc+3]. The largest absolute Gasteiger partial charge is 3.00 e. The van der Waals surface area contributed by atoms with Crippen LogP contribution in [-0.2, 0) is 65.3 Å². The Bertz CT molecular complexity index is 26.5.